The molecule has 1 aromatic carbocycles. The van der Waals surface area contributed by atoms with Crippen molar-refractivity contribution >= 4 is 0 Å². The van der Waals surface area contributed by atoms with Crippen LogP contribution in [0.3, 0.4) is 0 Å². The highest BCUT2D eigenvalue weighted by atomic mass is 19.4. The fraction of sp³-hybridized carbons (Fsp3) is 0.389. The van der Waals surface area contributed by atoms with Gasteiger partial charge in [0, 0.05) is 25.0 Å². The van der Waals surface area contributed by atoms with Crippen LogP contribution in [0.4, 0.5) is 13.2 Å². The molecule has 0 bridgehead atoms. The molecular formula is C18H19F3N2O. The number of aromatic nitrogens is 1. The van der Waals surface area contributed by atoms with E-state index < -0.39 is 11.7 Å². The number of rotatable bonds is 5. The van der Waals surface area contributed by atoms with Gasteiger partial charge in [-0.15, -0.1) is 0 Å². The Morgan fingerprint density at radius 2 is 2.04 bits per heavy atom. The van der Waals surface area contributed by atoms with E-state index in [1.54, 1.807) is 12.3 Å². The number of halogens is 3. The van der Waals surface area contributed by atoms with Crippen LogP contribution in [0.25, 0.3) is 0 Å². The fourth-order valence-electron chi connectivity index (χ4n) is 3.03. The Morgan fingerprint density at radius 3 is 2.67 bits per heavy atom. The van der Waals surface area contributed by atoms with Crippen molar-refractivity contribution in [2.24, 2.45) is 0 Å². The summed E-state index contributed by atoms with van der Waals surface area (Å²) in [6.45, 7) is 0.198. The van der Waals surface area contributed by atoms with Gasteiger partial charge in [0.1, 0.15) is 5.75 Å². The lowest BCUT2D eigenvalue weighted by Gasteiger charge is -2.36. The highest BCUT2D eigenvalue weighted by Crippen LogP contribution is 2.38. The summed E-state index contributed by atoms with van der Waals surface area (Å²) < 4.78 is 44.4. The molecule has 0 unspecified atom stereocenters. The number of nitrogens with zero attached hydrogens (tertiary/aromatic N) is 1. The maximum Gasteiger partial charge on any atom is 0.416 e. The van der Waals surface area contributed by atoms with E-state index in [2.05, 4.69) is 10.3 Å². The number of nitrogens with one attached hydrogen (secondary N) is 1. The first-order chi connectivity index (χ1) is 11.5. The van der Waals surface area contributed by atoms with Gasteiger partial charge in [-0.05, 0) is 48.1 Å². The van der Waals surface area contributed by atoms with Gasteiger partial charge in [-0.2, -0.15) is 13.2 Å². The Balaban J connectivity index is 1.60. The van der Waals surface area contributed by atoms with Crippen molar-refractivity contribution in [3.8, 4) is 5.75 Å². The Kier molecular flexibility index (Phi) is 4.76. The van der Waals surface area contributed by atoms with E-state index in [-0.39, 0.29) is 23.9 Å². The summed E-state index contributed by atoms with van der Waals surface area (Å²) in [5.41, 5.74) is 0.793. The molecule has 24 heavy (non-hydrogen) atoms. The van der Waals surface area contributed by atoms with Crippen LogP contribution >= 0.6 is 0 Å². The van der Waals surface area contributed by atoms with E-state index in [4.69, 9.17) is 4.74 Å². The Hall–Kier alpha value is -2.08. The first-order valence-electron chi connectivity index (χ1n) is 7.85. The molecule has 0 saturated heterocycles. The van der Waals surface area contributed by atoms with Crippen molar-refractivity contribution in [2.75, 3.05) is 7.11 Å². The predicted molar refractivity (Wildman–Crippen MR) is 84.8 cm³/mol. The molecule has 1 N–H and O–H groups in total. The van der Waals surface area contributed by atoms with E-state index in [9.17, 15) is 13.2 Å². The number of benzene rings is 1. The second-order valence-corrected chi connectivity index (χ2v) is 6.05. The van der Waals surface area contributed by atoms with Gasteiger partial charge < -0.3 is 10.1 Å². The standard InChI is InChI=1S/C18H19F3N2O/c1-24-16-5-4-13(17(9-16)18(19,20)21)11-23-15-7-14(8-15)12-3-2-6-22-10-12/h2-6,9-10,14-15,23H,7-8,11H2,1H3. The van der Waals surface area contributed by atoms with E-state index in [1.165, 1.54) is 18.7 Å². The zero-order valence-electron chi connectivity index (χ0n) is 13.3. The molecule has 0 atom stereocenters. The molecule has 0 spiro atoms. The molecule has 1 saturated carbocycles. The van der Waals surface area contributed by atoms with E-state index in [1.807, 2.05) is 18.3 Å². The first-order valence-corrected chi connectivity index (χ1v) is 7.85. The summed E-state index contributed by atoms with van der Waals surface area (Å²) in [4.78, 5) is 4.10. The van der Waals surface area contributed by atoms with Gasteiger partial charge >= 0.3 is 6.18 Å². The van der Waals surface area contributed by atoms with Gasteiger partial charge in [0.2, 0.25) is 0 Å². The lowest BCUT2D eigenvalue weighted by molar-refractivity contribution is -0.138. The minimum Gasteiger partial charge on any atom is -0.497 e. The average Bonchev–Trinajstić information content (AvgIpc) is 2.53. The number of methoxy groups -OCH3 is 1. The molecule has 6 heteroatoms. The third kappa shape index (κ3) is 3.70. The van der Waals surface area contributed by atoms with Crippen molar-refractivity contribution in [2.45, 2.75) is 37.5 Å². The monoisotopic (exact) mass is 336 g/mol. The molecule has 1 aromatic heterocycles. The van der Waals surface area contributed by atoms with Crippen molar-refractivity contribution in [3.05, 3.63) is 59.4 Å². The topological polar surface area (TPSA) is 34.1 Å². The lowest BCUT2D eigenvalue weighted by Crippen LogP contribution is -2.40. The average molecular weight is 336 g/mol. The third-order valence-electron chi connectivity index (χ3n) is 4.50. The maximum atomic E-state index is 13.2. The molecular weight excluding hydrogens is 317 g/mol. The molecule has 0 radical (unpaired) electrons. The van der Waals surface area contributed by atoms with Crippen molar-refractivity contribution in [3.63, 3.8) is 0 Å². The number of ether oxygens (including phenoxy) is 1. The van der Waals surface area contributed by atoms with Gasteiger partial charge in [-0.3, -0.25) is 4.98 Å². The predicted octanol–water partition coefficient (Wildman–Crippen LogP) is 4.14. The number of pyridine rings is 1. The largest absolute Gasteiger partial charge is 0.497 e. The van der Waals surface area contributed by atoms with Crippen LogP contribution in [0.5, 0.6) is 5.75 Å². The highest BCUT2D eigenvalue weighted by molar-refractivity contribution is 5.37. The minimum absolute atomic E-state index is 0.198. The molecule has 3 nitrogen and oxygen atoms in total. The Morgan fingerprint density at radius 1 is 1.25 bits per heavy atom. The molecule has 128 valence electrons. The summed E-state index contributed by atoms with van der Waals surface area (Å²) in [6.07, 6.45) is 1.04. The smallest absolute Gasteiger partial charge is 0.416 e. The molecule has 2 aromatic rings. The zero-order valence-corrected chi connectivity index (χ0v) is 13.3. The second-order valence-electron chi connectivity index (χ2n) is 6.05. The summed E-state index contributed by atoms with van der Waals surface area (Å²) in [6, 6.07) is 8.27. The van der Waals surface area contributed by atoms with Crippen LogP contribution in [-0.2, 0) is 12.7 Å². The normalized spacial score (nSPS) is 20.5. The number of hydrogen-bond acceptors (Lipinski definition) is 3. The second kappa shape index (κ2) is 6.81. The van der Waals surface area contributed by atoms with E-state index in [0.717, 1.165) is 18.9 Å². The third-order valence-corrected chi connectivity index (χ3v) is 4.50. The maximum absolute atomic E-state index is 13.2. The number of hydrogen-bond donors (Lipinski definition) is 1. The molecule has 1 fully saturated rings. The summed E-state index contributed by atoms with van der Waals surface area (Å²) in [5, 5.41) is 3.22. The molecule has 0 aliphatic heterocycles. The van der Waals surface area contributed by atoms with Gasteiger partial charge in [0.25, 0.3) is 0 Å². The lowest BCUT2D eigenvalue weighted by atomic mass is 9.76. The molecule has 1 aliphatic rings. The number of alkyl halides is 3. The van der Waals surface area contributed by atoms with Gasteiger partial charge in [-0.1, -0.05) is 12.1 Å². The van der Waals surface area contributed by atoms with Crippen molar-refractivity contribution in [1.29, 1.82) is 0 Å². The van der Waals surface area contributed by atoms with E-state index >= 15 is 0 Å². The SMILES string of the molecule is COc1ccc(CNC2CC(c3cccnc3)C2)c(C(F)(F)F)c1. The zero-order chi connectivity index (χ0) is 17.2. The van der Waals surface area contributed by atoms with Crippen LogP contribution in [0.15, 0.2) is 42.7 Å². The van der Waals surface area contributed by atoms with E-state index in [0.29, 0.717) is 5.92 Å². The molecule has 1 heterocycles. The summed E-state index contributed by atoms with van der Waals surface area (Å²) in [5.74, 6) is 0.653. The summed E-state index contributed by atoms with van der Waals surface area (Å²) in [7, 11) is 1.36. The van der Waals surface area contributed by atoms with Gasteiger partial charge in [0.05, 0.1) is 12.7 Å². The molecule has 1 aliphatic carbocycles. The van der Waals surface area contributed by atoms with Gasteiger partial charge in [0.15, 0.2) is 0 Å². The fourth-order valence-corrected chi connectivity index (χ4v) is 3.03. The Bertz CT molecular complexity index is 682. The molecule has 0 amide bonds. The Labute approximate surface area is 138 Å². The van der Waals surface area contributed by atoms with Crippen LogP contribution < -0.4 is 10.1 Å². The first kappa shape index (κ1) is 16.8. The van der Waals surface area contributed by atoms with Gasteiger partial charge in [-0.25, -0.2) is 0 Å². The minimum atomic E-state index is -4.39. The van der Waals surface area contributed by atoms with Crippen LogP contribution in [0.2, 0.25) is 0 Å². The van der Waals surface area contributed by atoms with Crippen LogP contribution in [0, 0.1) is 0 Å². The quantitative estimate of drug-likeness (QED) is 0.891. The molecule has 3 rings (SSSR count). The summed E-state index contributed by atoms with van der Waals surface area (Å²) >= 11 is 0. The highest BCUT2D eigenvalue weighted by Gasteiger charge is 2.35. The van der Waals surface area contributed by atoms with Crippen LogP contribution in [-0.4, -0.2) is 18.1 Å². The van der Waals surface area contributed by atoms with Crippen LogP contribution in [0.1, 0.15) is 35.4 Å². The van der Waals surface area contributed by atoms with Crippen molar-refractivity contribution < 1.29 is 17.9 Å². The van der Waals surface area contributed by atoms with Crippen molar-refractivity contribution in [1.82, 2.24) is 10.3 Å².